The van der Waals surface area contributed by atoms with E-state index in [0.717, 1.165) is 17.1 Å². The molecule has 0 spiro atoms. The van der Waals surface area contributed by atoms with Crippen LogP contribution < -0.4 is 10.1 Å². The fourth-order valence-electron chi connectivity index (χ4n) is 2.90. The number of aryl methyl sites for hydroxylation is 2. The van der Waals surface area contributed by atoms with Crippen molar-refractivity contribution in [2.45, 2.75) is 6.92 Å². The van der Waals surface area contributed by atoms with E-state index >= 15 is 0 Å². The molecule has 3 aromatic heterocycles. The van der Waals surface area contributed by atoms with Crippen LogP contribution in [0.2, 0.25) is 0 Å². The summed E-state index contributed by atoms with van der Waals surface area (Å²) in [5.41, 5.74) is 2.44. The molecular weight excluding hydrogens is 370 g/mol. The van der Waals surface area contributed by atoms with Gasteiger partial charge in [-0.15, -0.1) is 0 Å². The third-order valence-electron chi connectivity index (χ3n) is 4.42. The van der Waals surface area contributed by atoms with Crippen LogP contribution in [0.25, 0.3) is 17.2 Å². The molecule has 0 aliphatic heterocycles. The summed E-state index contributed by atoms with van der Waals surface area (Å²) in [6, 6.07) is 9.25. The van der Waals surface area contributed by atoms with Gasteiger partial charge in [0, 0.05) is 25.0 Å². The smallest absolute Gasteiger partial charge is 0.274 e. The molecule has 146 valence electrons. The lowest BCUT2D eigenvalue weighted by Crippen LogP contribution is -2.16. The maximum absolute atomic E-state index is 12.7. The van der Waals surface area contributed by atoms with Crippen molar-refractivity contribution in [3.05, 3.63) is 66.6 Å². The van der Waals surface area contributed by atoms with Crippen LogP contribution in [-0.4, -0.2) is 42.3 Å². The number of carbonyl (C=O) groups is 1. The number of carbonyl (C=O) groups excluding carboxylic acids is 1. The Balaban J connectivity index is 1.53. The first kappa shape index (κ1) is 18.4. The second-order valence-corrected chi connectivity index (χ2v) is 6.34. The van der Waals surface area contributed by atoms with Crippen LogP contribution in [0.5, 0.6) is 5.75 Å². The summed E-state index contributed by atoms with van der Waals surface area (Å²) < 4.78 is 8.54. The molecule has 0 aliphatic carbocycles. The van der Waals surface area contributed by atoms with E-state index in [4.69, 9.17) is 4.74 Å². The fraction of sp³-hybridized carbons (Fsp3) is 0.150. The number of anilines is 1. The van der Waals surface area contributed by atoms with Gasteiger partial charge in [-0.05, 0) is 25.1 Å². The van der Waals surface area contributed by atoms with Crippen LogP contribution in [-0.2, 0) is 7.05 Å². The number of amides is 1. The molecule has 0 saturated carbocycles. The van der Waals surface area contributed by atoms with Crippen molar-refractivity contribution in [2.24, 2.45) is 7.05 Å². The van der Waals surface area contributed by atoms with Crippen LogP contribution in [0.1, 0.15) is 16.3 Å². The van der Waals surface area contributed by atoms with E-state index in [2.05, 4.69) is 25.4 Å². The van der Waals surface area contributed by atoms with Gasteiger partial charge in [-0.1, -0.05) is 12.1 Å². The van der Waals surface area contributed by atoms with Crippen molar-refractivity contribution in [3.8, 4) is 23.0 Å². The van der Waals surface area contributed by atoms with Crippen molar-refractivity contribution < 1.29 is 9.53 Å². The molecule has 1 aromatic carbocycles. The number of benzene rings is 1. The Morgan fingerprint density at radius 1 is 1.14 bits per heavy atom. The summed E-state index contributed by atoms with van der Waals surface area (Å²) >= 11 is 0. The van der Waals surface area contributed by atoms with E-state index in [9.17, 15) is 4.79 Å². The summed E-state index contributed by atoms with van der Waals surface area (Å²) in [4.78, 5) is 25.4. The highest BCUT2D eigenvalue weighted by atomic mass is 16.5. The van der Waals surface area contributed by atoms with Crippen LogP contribution in [0.3, 0.4) is 0 Å². The average molecular weight is 389 g/mol. The number of hydrogen-bond donors (Lipinski definition) is 1. The van der Waals surface area contributed by atoms with Crippen molar-refractivity contribution >= 4 is 11.6 Å². The maximum Gasteiger partial charge on any atom is 0.274 e. The molecule has 0 bridgehead atoms. The number of aromatic nitrogens is 6. The van der Waals surface area contributed by atoms with Gasteiger partial charge >= 0.3 is 0 Å². The Bertz CT molecular complexity index is 1160. The van der Waals surface area contributed by atoms with Gasteiger partial charge in [0.15, 0.2) is 0 Å². The van der Waals surface area contributed by atoms with Gasteiger partial charge in [0.25, 0.3) is 5.91 Å². The molecule has 1 amide bonds. The third-order valence-corrected chi connectivity index (χ3v) is 4.42. The molecule has 3 heterocycles. The van der Waals surface area contributed by atoms with Crippen molar-refractivity contribution in [3.63, 3.8) is 0 Å². The fourth-order valence-corrected chi connectivity index (χ4v) is 2.90. The minimum atomic E-state index is -0.302. The van der Waals surface area contributed by atoms with Gasteiger partial charge in [0.1, 0.15) is 17.3 Å². The molecule has 9 heteroatoms. The predicted molar refractivity (Wildman–Crippen MR) is 107 cm³/mol. The molecule has 9 nitrogen and oxygen atoms in total. The Morgan fingerprint density at radius 2 is 1.93 bits per heavy atom. The van der Waals surface area contributed by atoms with Gasteiger partial charge in [0.05, 0.1) is 30.9 Å². The summed E-state index contributed by atoms with van der Waals surface area (Å²) in [7, 11) is 3.33. The van der Waals surface area contributed by atoms with E-state index in [1.807, 2.05) is 31.2 Å². The Labute approximate surface area is 167 Å². The van der Waals surface area contributed by atoms with Crippen LogP contribution in [0.15, 0.2) is 55.1 Å². The van der Waals surface area contributed by atoms with Crippen LogP contribution in [0, 0.1) is 6.92 Å². The number of methoxy groups -OCH3 is 1. The van der Waals surface area contributed by atoms with E-state index < -0.39 is 0 Å². The predicted octanol–water partition coefficient (Wildman–Crippen LogP) is 2.63. The normalized spacial score (nSPS) is 10.7. The molecule has 0 unspecified atom stereocenters. The SMILES string of the molecule is COc1cccc(-c2cc(C(=O)Nc3cnc(-n4ccnc4C)nc3)n(C)n2)c1. The lowest BCUT2D eigenvalue weighted by atomic mass is 10.1. The molecule has 0 atom stereocenters. The first-order valence-electron chi connectivity index (χ1n) is 8.87. The third kappa shape index (κ3) is 3.70. The average Bonchev–Trinajstić information content (AvgIpc) is 3.34. The molecule has 4 rings (SSSR count). The van der Waals surface area contributed by atoms with E-state index in [1.54, 1.807) is 49.6 Å². The monoisotopic (exact) mass is 389 g/mol. The standard InChI is InChI=1S/C20H19N7O2/c1-13-21-7-8-27(13)20-22-11-15(12-23-20)24-19(28)18-10-17(25-26(18)2)14-5-4-6-16(9-14)29-3/h4-12H,1-3H3,(H,24,28). The molecule has 29 heavy (non-hydrogen) atoms. The number of imidazole rings is 1. The molecule has 0 radical (unpaired) electrons. The second-order valence-electron chi connectivity index (χ2n) is 6.34. The summed E-state index contributed by atoms with van der Waals surface area (Å²) in [6.07, 6.45) is 6.56. The van der Waals surface area contributed by atoms with Gasteiger partial charge in [-0.2, -0.15) is 5.10 Å². The number of ether oxygens (including phenoxy) is 1. The summed E-state index contributed by atoms with van der Waals surface area (Å²) in [5.74, 6) is 1.69. The minimum Gasteiger partial charge on any atom is -0.497 e. The Morgan fingerprint density at radius 3 is 2.62 bits per heavy atom. The van der Waals surface area contributed by atoms with Crippen molar-refractivity contribution in [1.82, 2.24) is 29.3 Å². The summed E-state index contributed by atoms with van der Waals surface area (Å²) in [5, 5.41) is 7.23. The van der Waals surface area contributed by atoms with Gasteiger partial charge < -0.3 is 10.1 Å². The molecular formula is C20H19N7O2. The molecule has 0 fully saturated rings. The topological polar surface area (TPSA) is 99.7 Å². The van der Waals surface area contributed by atoms with Crippen LogP contribution in [0.4, 0.5) is 5.69 Å². The first-order valence-corrected chi connectivity index (χ1v) is 8.87. The van der Waals surface area contributed by atoms with Gasteiger partial charge in [-0.25, -0.2) is 15.0 Å². The number of nitrogens with one attached hydrogen (secondary N) is 1. The zero-order chi connectivity index (χ0) is 20.4. The Hall–Kier alpha value is -4.01. The highest BCUT2D eigenvalue weighted by Gasteiger charge is 2.15. The molecule has 0 aliphatic rings. The second kappa shape index (κ2) is 7.55. The van der Waals surface area contributed by atoms with Gasteiger partial charge in [0.2, 0.25) is 5.95 Å². The molecule has 4 aromatic rings. The highest BCUT2D eigenvalue weighted by molar-refractivity contribution is 6.03. The maximum atomic E-state index is 12.7. The van der Waals surface area contributed by atoms with Crippen LogP contribution >= 0.6 is 0 Å². The lowest BCUT2D eigenvalue weighted by molar-refractivity contribution is 0.101. The van der Waals surface area contributed by atoms with Crippen molar-refractivity contribution in [1.29, 1.82) is 0 Å². The van der Waals surface area contributed by atoms with Gasteiger partial charge in [-0.3, -0.25) is 14.0 Å². The number of nitrogens with zero attached hydrogens (tertiary/aromatic N) is 6. The first-order chi connectivity index (χ1) is 14.0. The van der Waals surface area contributed by atoms with E-state index in [-0.39, 0.29) is 5.91 Å². The van der Waals surface area contributed by atoms with E-state index in [0.29, 0.717) is 23.0 Å². The molecule has 1 N–H and O–H groups in total. The zero-order valence-corrected chi connectivity index (χ0v) is 16.2. The largest absolute Gasteiger partial charge is 0.497 e. The van der Waals surface area contributed by atoms with E-state index in [1.165, 1.54) is 4.68 Å². The lowest BCUT2D eigenvalue weighted by Gasteiger charge is -2.06. The van der Waals surface area contributed by atoms with Crippen molar-refractivity contribution in [2.75, 3.05) is 12.4 Å². The molecule has 0 saturated heterocycles. The number of rotatable bonds is 5. The Kier molecular flexibility index (Phi) is 4.78. The highest BCUT2D eigenvalue weighted by Crippen LogP contribution is 2.23. The summed E-state index contributed by atoms with van der Waals surface area (Å²) in [6.45, 7) is 1.86. The number of hydrogen-bond acceptors (Lipinski definition) is 6. The minimum absolute atomic E-state index is 0.302. The zero-order valence-electron chi connectivity index (χ0n) is 16.2. The quantitative estimate of drug-likeness (QED) is 0.563.